The van der Waals surface area contributed by atoms with E-state index < -0.39 is 0 Å². The molecule has 1 aromatic heterocycles. The van der Waals surface area contributed by atoms with Gasteiger partial charge in [-0.1, -0.05) is 29.3 Å². The molecular weight excluding hydrogens is 285 g/mol. The zero-order valence-corrected chi connectivity index (χ0v) is 11.6. The van der Waals surface area contributed by atoms with Crippen molar-refractivity contribution in [2.24, 2.45) is 0 Å². The summed E-state index contributed by atoms with van der Waals surface area (Å²) in [6.07, 6.45) is 4.36. The van der Waals surface area contributed by atoms with Crippen LogP contribution in [0.15, 0.2) is 30.7 Å². The van der Waals surface area contributed by atoms with Gasteiger partial charge in [-0.15, -0.1) is 0 Å². The molecule has 4 nitrogen and oxygen atoms in total. The minimum absolute atomic E-state index is 0.0272. The summed E-state index contributed by atoms with van der Waals surface area (Å²) in [7, 11) is 0. The van der Waals surface area contributed by atoms with Crippen LogP contribution in [0.4, 0.5) is 0 Å². The number of halogens is 2. The highest BCUT2D eigenvalue weighted by atomic mass is 35.5. The molecule has 0 aliphatic rings. The SMILES string of the molecule is O=C(CCc1cnc[nH]1)NCc1ccc(Cl)cc1Cl. The number of H-pyrrole nitrogens is 1. The molecule has 0 spiro atoms. The molecule has 0 fully saturated rings. The first kappa shape index (κ1) is 13.9. The first-order valence-corrected chi connectivity index (χ1v) is 6.58. The van der Waals surface area contributed by atoms with Gasteiger partial charge in [-0.2, -0.15) is 0 Å². The van der Waals surface area contributed by atoms with Gasteiger partial charge in [0.25, 0.3) is 0 Å². The monoisotopic (exact) mass is 297 g/mol. The fourth-order valence-electron chi connectivity index (χ4n) is 1.62. The van der Waals surface area contributed by atoms with Crippen molar-refractivity contribution in [2.45, 2.75) is 19.4 Å². The van der Waals surface area contributed by atoms with Gasteiger partial charge in [0.2, 0.25) is 5.91 Å². The molecule has 1 amide bonds. The molecule has 0 radical (unpaired) electrons. The molecule has 2 N–H and O–H groups in total. The van der Waals surface area contributed by atoms with E-state index in [4.69, 9.17) is 23.2 Å². The van der Waals surface area contributed by atoms with Gasteiger partial charge in [0.05, 0.1) is 6.33 Å². The lowest BCUT2D eigenvalue weighted by atomic mass is 10.2. The lowest BCUT2D eigenvalue weighted by Crippen LogP contribution is -2.23. The molecule has 0 atom stereocenters. The molecule has 100 valence electrons. The third-order valence-electron chi connectivity index (χ3n) is 2.67. The number of rotatable bonds is 5. The molecule has 0 saturated carbocycles. The predicted molar refractivity (Wildman–Crippen MR) is 75.2 cm³/mol. The third-order valence-corrected chi connectivity index (χ3v) is 3.25. The number of carbonyl (C=O) groups is 1. The molecule has 0 aliphatic heterocycles. The summed E-state index contributed by atoms with van der Waals surface area (Å²) in [6, 6.07) is 5.22. The Kier molecular flexibility index (Phi) is 4.82. The van der Waals surface area contributed by atoms with E-state index >= 15 is 0 Å². The van der Waals surface area contributed by atoms with Crippen molar-refractivity contribution in [1.29, 1.82) is 0 Å². The fourth-order valence-corrected chi connectivity index (χ4v) is 2.09. The number of carbonyl (C=O) groups excluding carboxylic acids is 1. The van der Waals surface area contributed by atoms with Crippen LogP contribution in [0.5, 0.6) is 0 Å². The van der Waals surface area contributed by atoms with Crippen LogP contribution in [0.2, 0.25) is 10.0 Å². The number of amides is 1. The number of hydrogen-bond acceptors (Lipinski definition) is 2. The van der Waals surface area contributed by atoms with Crippen LogP contribution >= 0.6 is 23.2 Å². The van der Waals surface area contributed by atoms with Gasteiger partial charge in [-0.3, -0.25) is 4.79 Å². The number of benzene rings is 1. The van der Waals surface area contributed by atoms with E-state index in [0.717, 1.165) is 11.3 Å². The zero-order valence-electron chi connectivity index (χ0n) is 10.1. The number of nitrogens with zero attached hydrogens (tertiary/aromatic N) is 1. The Bertz CT molecular complexity index is 555. The number of aryl methyl sites for hydroxylation is 1. The highest BCUT2D eigenvalue weighted by Crippen LogP contribution is 2.20. The molecular formula is C13H13Cl2N3O. The normalized spacial score (nSPS) is 10.4. The fraction of sp³-hybridized carbons (Fsp3) is 0.231. The molecule has 0 unspecified atom stereocenters. The number of imidazole rings is 1. The van der Waals surface area contributed by atoms with Gasteiger partial charge in [0.1, 0.15) is 0 Å². The van der Waals surface area contributed by atoms with Crippen LogP contribution in [0.25, 0.3) is 0 Å². The second-order valence-corrected chi connectivity index (χ2v) is 4.93. The smallest absolute Gasteiger partial charge is 0.220 e. The van der Waals surface area contributed by atoms with Crippen molar-refractivity contribution in [3.63, 3.8) is 0 Å². The van der Waals surface area contributed by atoms with E-state index in [1.165, 1.54) is 0 Å². The van der Waals surface area contributed by atoms with Crippen LogP contribution in [-0.4, -0.2) is 15.9 Å². The predicted octanol–water partition coefficient (Wildman–Crippen LogP) is 2.97. The van der Waals surface area contributed by atoms with Crippen LogP contribution in [-0.2, 0) is 17.8 Å². The summed E-state index contributed by atoms with van der Waals surface area (Å²) in [5.74, 6) is -0.0272. The Morgan fingerprint density at radius 2 is 2.21 bits per heavy atom. The molecule has 19 heavy (non-hydrogen) atoms. The zero-order chi connectivity index (χ0) is 13.7. The maximum atomic E-state index is 11.7. The standard InChI is InChI=1S/C13H13Cl2N3O/c14-10-2-1-9(12(15)5-10)6-17-13(19)4-3-11-7-16-8-18-11/h1-2,5,7-8H,3-4,6H2,(H,16,18)(H,17,19). The maximum absolute atomic E-state index is 11.7. The topological polar surface area (TPSA) is 57.8 Å². The summed E-state index contributed by atoms with van der Waals surface area (Å²) in [5.41, 5.74) is 1.79. The van der Waals surface area contributed by atoms with Crippen molar-refractivity contribution in [3.8, 4) is 0 Å². The van der Waals surface area contributed by atoms with Crippen LogP contribution in [0.1, 0.15) is 17.7 Å². The van der Waals surface area contributed by atoms with E-state index in [1.807, 2.05) is 0 Å². The van der Waals surface area contributed by atoms with Gasteiger partial charge in [-0.05, 0) is 24.1 Å². The highest BCUT2D eigenvalue weighted by Gasteiger charge is 2.05. The maximum Gasteiger partial charge on any atom is 0.220 e. The van der Waals surface area contributed by atoms with Crippen molar-refractivity contribution in [3.05, 3.63) is 52.0 Å². The average molecular weight is 298 g/mol. The second-order valence-electron chi connectivity index (χ2n) is 4.09. The number of nitrogens with one attached hydrogen (secondary N) is 2. The quantitative estimate of drug-likeness (QED) is 0.891. The molecule has 2 rings (SSSR count). The Balaban J connectivity index is 1.80. The molecule has 1 heterocycles. The summed E-state index contributed by atoms with van der Waals surface area (Å²) < 4.78 is 0. The van der Waals surface area contributed by atoms with E-state index in [-0.39, 0.29) is 5.91 Å². The highest BCUT2D eigenvalue weighted by molar-refractivity contribution is 6.35. The molecule has 1 aromatic carbocycles. The Morgan fingerprint density at radius 1 is 1.37 bits per heavy atom. The van der Waals surface area contributed by atoms with Crippen LogP contribution in [0, 0.1) is 0 Å². The van der Waals surface area contributed by atoms with Crippen molar-refractivity contribution in [1.82, 2.24) is 15.3 Å². The van der Waals surface area contributed by atoms with Gasteiger partial charge in [0, 0.05) is 34.9 Å². The summed E-state index contributed by atoms with van der Waals surface area (Å²) >= 11 is 11.8. The van der Waals surface area contributed by atoms with Crippen molar-refractivity contribution < 1.29 is 4.79 Å². The largest absolute Gasteiger partial charge is 0.352 e. The van der Waals surface area contributed by atoms with Crippen LogP contribution < -0.4 is 5.32 Å². The first-order valence-electron chi connectivity index (χ1n) is 5.83. The second kappa shape index (κ2) is 6.59. The van der Waals surface area contributed by atoms with E-state index in [9.17, 15) is 4.79 Å². The minimum atomic E-state index is -0.0272. The molecule has 0 aliphatic carbocycles. The van der Waals surface area contributed by atoms with E-state index in [0.29, 0.717) is 29.4 Å². The average Bonchev–Trinajstić information content (AvgIpc) is 2.88. The summed E-state index contributed by atoms with van der Waals surface area (Å²) in [6.45, 7) is 0.401. The Hall–Kier alpha value is -1.52. The minimum Gasteiger partial charge on any atom is -0.352 e. The van der Waals surface area contributed by atoms with Gasteiger partial charge in [-0.25, -0.2) is 4.98 Å². The molecule has 6 heteroatoms. The molecule has 0 saturated heterocycles. The van der Waals surface area contributed by atoms with Crippen molar-refractivity contribution >= 4 is 29.1 Å². The van der Waals surface area contributed by atoms with Crippen molar-refractivity contribution in [2.75, 3.05) is 0 Å². The lowest BCUT2D eigenvalue weighted by Gasteiger charge is -2.07. The van der Waals surface area contributed by atoms with Gasteiger partial charge in [0.15, 0.2) is 0 Å². The summed E-state index contributed by atoms with van der Waals surface area (Å²) in [5, 5.41) is 3.96. The Labute approximate surface area is 121 Å². The van der Waals surface area contributed by atoms with E-state index in [2.05, 4.69) is 15.3 Å². The number of aromatic amines is 1. The van der Waals surface area contributed by atoms with Gasteiger partial charge >= 0.3 is 0 Å². The first-order chi connectivity index (χ1) is 9.15. The number of aromatic nitrogens is 2. The molecule has 0 bridgehead atoms. The number of hydrogen-bond donors (Lipinski definition) is 2. The van der Waals surface area contributed by atoms with E-state index in [1.54, 1.807) is 30.7 Å². The third kappa shape index (κ3) is 4.26. The van der Waals surface area contributed by atoms with Crippen LogP contribution in [0.3, 0.4) is 0 Å². The van der Waals surface area contributed by atoms with Gasteiger partial charge < -0.3 is 10.3 Å². The lowest BCUT2D eigenvalue weighted by molar-refractivity contribution is -0.121. The molecule has 2 aromatic rings. The Morgan fingerprint density at radius 3 is 2.89 bits per heavy atom. The summed E-state index contributed by atoms with van der Waals surface area (Å²) in [4.78, 5) is 18.5.